The summed E-state index contributed by atoms with van der Waals surface area (Å²) in [5.74, 6) is -0.700. The van der Waals surface area contributed by atoms with Crippen LogP contribution in [0.2, 0.25) is 0 Å². The number of nitrogens with zero attached hydrogens (tertiary/aromatic N) is 1. The summed E-state index contributed by atoms with van der Waals surface area (Å²) in [5, 5.41) is 2.73. The topological polar surface area (TPSA) is 66.5 Å². The Morgan fingerprint density at radius 2 is 1.78 bits per heavy atom. The Morgan fingerprint density at radius 1 is 1.26 bits per heavy atom. The van der Waals surface area contributed by atoms with E-state index in [-0.39, 0.29) is 29.4 Å². The van der Waals surface area contributed by atoms with Crippen LogP contribution in [-0.4, -0.2) is 45.0 Å². The molecule has 7 heteroatoms. The lowest BCUT2D eigenvalue weighted by Gasteiger charge is -2.21. The molecule has 1 aromatic rings. The minimum absolute atomic E-state index is 0.0539. The van der Waals surface area contributed by atoms with E-state index in [1.165, 1.54) is 26.2 Å². The highest BCUT2D eigenvalue weighted by molar-refractivity contribution is 7.89. The van der Waals surface area contributed by atoms with E-state index in [2.05, 4.69) is 5.32 Å². The molecule has 1 fully saturated rings. The molecule has 0 radical (unpaired) electrons. The Labute approximate surface area is 136 Å². The van der Waals surface area contributed by atoms with Crippen molar-refractivity contribution in [2.45, 2.75) is 25.7 Å². The number of halogens is 1. The van der Waals surface area contributed by atoms with Gasteiger partial charge in [0.05, 0.1) is 11.2 Å². The van der Waals surface area contributed by atoms with Gasteiger partial charge in [-0.05, 0) is 29.5 Å². The van der Waals surface area contributed by atoms with Crippen LogP contribution in [0.1, 0.15) is 25.8 Å². The number of sulfonamides is 1. The van der Waals surface area contributed by atoms with Gasteiger partial charge in [-0.2, -0.15) is 0 Å². The number of amides is 1. The fourth-order valence-corrected chi connectivity index (χ4v) is 3.72. The fraction of sp³-hybridized carbons (Fsp3) is 0.562. The van der Waals surface area contributed by atoms with Crippen LogP contribution in [0.15, 0.2) is 24.3 Å². The molecule has 1 atom stereocenters. The molecule has 1 N–H and O–H groups in total. The van der Waals surface area contributed by atoms with Crippen molar-refractivity contribution in [2.24, 2.45) is 5.41 Å². The van der Waals surface area contributed by atoms with Crippen LogP contribution in [0.4, 0.5) is 4.39 Å². The highest BCUT2D eigenvalue weighted by atomic mass is 32.2. The number of carbonyl (C=O) groups excluding carboxylic acids is 1. The van der Waals surface area contributed by atoms with E-state index in [0.29, 0.717) is 6.42 Å². The summed E-state index contributed by atoms with van der Waals surface area (Å²) in [4.78, 5) is 12.7. The van der Waals surface area contributed by atoms with Gasteiger partial charge in [0, 0.05) is 20.6 Å². The molecular weight excluding hydrogens is 319 g/mol. The van der Waals surface area contributed by atoms with Gasteiger partial charge in [-0.15, -0.1) is 0 Å². The van der Waals surface area contributed by atoms with E-state index in [1.807, 2.05) is 13.8 Å². The molecular formula is C16H23FN2O3S. The molecule has 0 saturated heterocycles. The van der Waals surface area contributed by atoms with Gasteiger partial charge < -0.3 is 5.32 Å². The van der Waals surface area contributed by atoms with Crippen molar-refractivity contribution < 1.29 is 17.6 Å². The van der Waals surface area contributed by atoms with E-state index >= 15 is 0 Å². The van der Waals surface area contributed by atoms with E-state index in [4.69, 9.17) is 0 Å². The molecule has 0 heterocycles. The molecule has 23 heavy (non-hydrogen) atoms. The van der Waals surface area contributed by atoms with Gasteiger partial charge >= 0.3 is 0 Å². The predicted octanol–water partition coefficient (Wildman–Crippen LogP) is 1.50. The molecule has 128 valence electrons. The van der Waals surface area contributed by atoms with Gasteiger partial charge in [0.25, 0.3) is 0 Å². The molecule has 1 unspecified atom stereocenters. The summed E-state index contributed by atoms with van der Waals surface area (Å²) >= 11 is 0. The maximum atomic E-state index is 13.1. The summed E-state index contributed by atoms with van der Waals surface area (Å²) in [7, 11) is -0.430. The zero-order valence-electron chi connectivity index (χ0n) is 13.9. The number of benzene rings is 1. The van der Waals surface area contributed by atoms with E-state index in [9.17, 15) is 17.6 Å². The van der Waals surface area contributed by atoms with Gasteiger partial charge in [0.2, 0.25) is 15.9 Å². The average molecular weight is 342 g/mol. The SMILES string of the molecule is CN(C)S(=O)(=O)CCNC(=O)C1(c2ccc(F)cc2)CC1(C)C. The van der Waals surface area contributed by atoms with Crippen LogP contribution in [-0.2, 0) is 20.2 Å². The predicted molar refractivity (Wildman–Crippen MR) is 87.0 cm³/mol. The van der Waals surface area contributed by atoms with Gasteiger partial charge in [0.1, 0.15) is 5.82 Å². The van der Waals surface area contributed by atoms with Crippen LogP contribution < -0.4 is 5.32 Å². The Bertz CT molecular complexity index is 699. The highest BCUT2D eigenvalue weighted by Gasteiger charge is 2.66. The minimum atomic E-state index is -3.35. The number of carbonyl (C=O) groups is 1. The summed E-state index contributed by atoms with van der Waals surface area (Å²) in [6, 6.07) is 5.94. The standard InChI is InChI=1S/C16H23FN2O3S/c1-15(2)11-16(15,12-5-7-13(17)8-6-12)14(20)18-9-10-23(21,22)19(3)4/h5-8H,9-11H2,1-4H3,(H,18,20). The molecule has 1 aliphatic carbocycles. The summed E-state index contributed by atoms with van der Waals surface area (Å²) in [6.07, 6.45) is 0.651. The first kappa shape index (κ1) is 17.9. The van der Waals surface area contributed by atoms with Crippen LogP contribution in [0.5, 0.6) is 0 Å². The van der Waals surface area contributed by atoms with Crippen LogP contribution in [0, 0.1) is 11.2 Å². The quantitative estimate of drug-likeness (QED) is 0.852. The molecule has 0 spiro atoms. The fourth-order valence-electron chi connectivity index (χ4n) is 2.99. The van der Waals surface area contributed by atoms with Gasteiger partial charge in [-0.1, -0.05) is 26.0 Å². The maximum absolute atomic E-state index is 13.1. The van der Waals surface area contributed by atoms with E-state index < -0.39 is 15.4 Å². The minimum Gasteiger partial charge on any atom is -0.354 e. The van der Waals surface area contributed by atoms with Gasteiger partial charge in [-0.25, -0.2) is 17.1 Å². The van der Waals surface area contributed by atoms with Crippen molar-refractivity contribution in [3.63, 3.8) is 0 Å². The summed E-state index contributed by atoms with van der Waals surface area (Å²) in [5.41, 5.74) is -0.199. The lowest BCUT2D eigenvalue weighted by Crippen LogP contribution is -2.41. The zero-order chi connectivity index (χ0) is 17.5. The highest BCUT2D eigenvalue weighted by Crippen LogP contribution is 2.64. The van der Waals surface area contributed by atoms with Gasteiger partial charge in [0.15, 0.2) is 0 Å². The number of hydrogen-bond acceptors (Lipinski definition) is 3. The van der Waals surface area contributed by atoms with E-state index in [0.717, 1.165) is 9.87 Å². The summed E-state index contributed by atoms with van der Waals surface area (Å²) in [6.45, 7) is 4.01. The van der Waals surface area contributed by atoms with Crippen molar-refractivity contribution in [3.8, 4) is 0 Å². The second-order valence-corrected chi connectivity index (χ2v) is 9.13. The maximum Gasteiger partial charge on any atom is 0.231 e. The van der Waals surface area contributed by atoms with Crippen LogP contribution in [0.3, 0.4) is 0 Å². The number of rotatable bonds is 6. The van der Waals surface area contributed by atoms with Crippen molar-refractivity contribution in [3.05, 3.63) is 35.6 Å². The molecule has 5 nitrogen and oxygen atoms in total. The number of hydrogen-bond donors (Lipinski definition) is 1. The lowest BCUT2D eigenvalue weighted by molar-refractivity contribution is -0.124. The van der Waals surface area contributed by atoms with E-state index in [1.54, 1.807) is 12.1 Å². The Kier molecular flexibility index (Phi) is 4.56. The molecule has 0 aromatic heterocycles. The second-order valence-electron chi connectivity index (χ2n) is 6.83. The largest absolute Gasteiger partial charge is 0.354 e. The Hall–Kier alpha value is -1.47. The average Bonchev–Trinajstić information content (AvgIpc) is 3.03. The smallest absolute Gasteiger partial charge is 0.231 e. The Balaban J connectivity index is 2.11. The van der Waals surface area contributed by atoms with Crippen LogP contribution >= 0.6 is 0 Å². The Morgan fingerprint density at radius 3 is 2.22 bits per heavy atom. The third-order valence-corrected chi connectivity index (χ3v) is 6.50. The van der Waals surface area contributed by atoms with Crippen molar-refractivity contribution in [2.75, 3.05) is 26.4 Å². The first-order valence-electron chi connectivity index (χ1n) is 7.47. The lowest BCUT2D eigenvalue weighted by atomic mass is 9.87. The third kappa shape index (κ3) is 3.26. The molecule has 1 amide bonds. The summed E-state index contributed by atoms with van der Waals surface area (Å²) < 4.78 is 37.8. The molecule has 0 bridgehead atoms. The van der Waals surface area contributed by atoms with Gasteiger partial charge in [-0.3, -0.25) is 4.79 Å². The molecule has 1 aromatic carbocycles. The van der Waals surface area contributed by atoms with Crippen LogP contribution in [0.25, 0.3) is 0 Å². The third-order valence-electron chi connectivity index (χ3n) is 4.66. The van der Waals surface area contributed by atoms with Crippen molar-refractivity contribution >= 4 is 15.9 Å². The normalized spacial score (nSPS) is 22.9. The molecule has 2 rings (SSSR count). The monoisotopic (exact) mass is 342 g/mol. The first-order valence-corrected chi connectivity index (χ1v) is 9.08. The second kappa shape index (κ2) is 5.87. The number of nitrogens with one attached hydrogen (secondary N) is 1. The first-order chi connectivity index (χ1) is 10.5. The van der Waals surface area contributed by atoms with Crippen molar-refractivity contribution in [1.29, 1.82) is 0 Å². The molecule has 1 saturated carbocycles. The zero-order valence-corrected chi connectivity index (χ0v) is 14.7. The van der Waals surface area contributed by atoms with Crippen molar-refractivity contribution in [1.82, 2.24) is 9.62 Å². The molecule has 0 aliphatic heterocycles. The molecule has 1 aliphatic rings.